The van der Waals surface area contributed by atoms with Crippen LogP contribution in [0, 0.1) is 13.8 Å². The quantitative estimate of drug-likeness (QED) is 0.841. The average molecular weight is 283 g/mol. The third-order valence-electron chi connectivity index (χ3n) is 3.40. The van der Waals surface area contributed by atoms with Crippen LogP contribution in [-0.2, 0) is 0 Å². The second-order valence-electron chi connectivity index (χ2n) is 5.21. The zero-order valence-electron chi connectivity index (χ0n) is 12.8. The Hall–Kier alpha value is -2.29. The van der Waals surface area contributed by atoms with Crippen LogP contribution >= 0.6 is 0 Å². The van der Waals surface area contributed by atoms with Crippen LogP contribution in [-0.4, -0.2) is 31.0 Å². The monoisotopic (exact) mass is 283 g/mol. The van der Waals surface area contributed by atoms with Crippen LogP contribution in [0.4, 0.5) is 0 Å². The highest BCUT2D eigenvalue weighted by molar-refractivity contribution is 5.95. The molecule has 3 nitrogen and oxygen atoms in total. The second kappa shape index (κ2) is 6.93. The SMILES string of the molecule is Cc1ccc(C(=O)N(C)CCOc2ccccc2)c(C)c1. The Bertz CT molecular complexity index is 608. The van der Waals surface area contributed by atoms with E-state index in [2.05, 4.69) is 0 Å². The molecule has 0 aliphatic carbocycles. The predicted molar refractivity (Wildman–Crippen MR) is 84.8 cm³/mol. The van der Waals surface area contributed by atoms with Crippen molar-refractivity contribution in [3.8, 4) is 5.75 Å². The van der Waals surface area contributed by atoms with Crippen LogP contribution < -0.4 is 4.74 Å². The maximum Gasteiger partial charge on any atom is 0.253 e. The molecule has 0 heterocycles. The third-order valence-corrected chi connectivity index (χ3v) is 3.40. The molecule has 0 saturated heterocycles. The molecule has 1 amide bonds. The van der Waals surface area contributed by atoms with Crippen molar-refractivity contribution >= 4 is 5.91 Å². The summed E-state index contributed by atoms with van der Waals surface area (Å²) in [5.74, 6) is 0.856. The van der Waals surface area contributed by atoms with Crippen LogP contribution in [0.3, 0.4) is 0 Å². The van der Waals surface area contributed by atoms with E-state index in [4.69, 9.17) is 4.74 Å². The Balaban J connectivity index is 1.90. The molecule has 0 saturated carbocycles. The summed E-state index contributed by atoms with van der Waals surface area (Å²) in [4.78, 5) is 14.1. The van der Waals surface area contributed by atoms with Crippen LogP contribution in [0.5, 0.6) is 5.75 Å². The molecular formula is C18H21NO2. The molecule has 0 aliphatic heterocycles. The number of rotatable bonds is 5. The van der Waals surface area contributed by atoms with Gasteiger partial charge in [0, 0.05) is 12.6 Å². The van der Waals surface area contributed by atoms with Gasteiger partial charge in [0.15, 0.2) is 0 Å². The number of benzene rings is 2. The van der Waals surface area contributed by atoms with E-state index in [0.29, 0.717) is 13.2 Å². The van der Waals surface area contributed by atoms with Crippen LogP contribution in [0.2, 0.25) is 0 Å². The van der Waals surface area contributed by atoms with E-state index in [-0.39, 0.29) is 5.91 Å². The van der Waals surface area contributed by atoms with Gasteiger partial charge in [0.1, 0.15) is 12.4 Å². The first-order chi connectivity index (χ1) is 10.1. The van der Waals surface area contributed by atoms with Crippen LogP contribution in [0.1, 0.15) is 21.5 Å². The van der Waals surface area contributed by atoms with Crippen molar-refractivity contribution in [3.63, 3.8) is 0 Å². The van der Waals surface area contributed by atoms with Gasteiger partial charge in [0.2, 0.25) is 0 Å². The standard InChI is InChI=1S/C18H21NO2/c1-14-9-10-17(15(2)13-14)18(20)19(3)11-12-21-16-7-5-4-6-8-16/h4-10,13H,11-12H2,1-3H3. The minimum absolute atomic E-state index is 0.0316. The van der Waals surface area contributed by atoms with Crippen LogP contribution in [0.15, 0.2) is 48.5 Å². The lowest BCUT2D eigenvalue weighted by Gasteiger charge is -2.19. The average Bonchev–Trinajstić information content (AvgIpc) is 2.47. The molecule has 3 heteroatoms. The molecule has 0 aromatic heterocycles. The maximum atomic E-state index is 12.4. The van der Waals surface area contributed by atoms with Crippen molar-refractivity contribution in [3.05, 3.63) is 65.2 Å². The van der Waals surface area contributed by atoms with Gasteiger partial charge in [-0.15, -0.1) is 0 Å². The molecule has 0 unspecified atom stereocenters. The highest BCUT2D eigenvalue weighted by atomic mass is 16.5. The Morgan fingerprint density at radius 1 is 1.10 bits per heavy atom. The van der Waals surface area contributed by atoms with Crippen molar-refractivity contribution in [1.29, 1.82) is 0 Å². The van der Waals surface area contributed by atoms with Crippen molar-refractivity contribution in [2.45, 2.75) is 13.8 Å². The summed E-state index contributed by atoms with van der Waals surface area (Å²) in [5.41, 5.74) is 2.93. The Morgan fingerprint density at radius 3 is 2.48 bits per heavy atom. The van der Waals surface area contributed by atoms with E-state index in [9.17, 15) is 4.79 Å². The van der Waals surface area contributed by atoms with Crippen molar-refractivity contribution in [2.75, 3.05) is 20.2 Å². The van der Waals surface area contributed by atoms with E-state index in [1.54, 1.807) is 11.9 Å². The second-order valence-corrected chi connectivity index (χ2v) is 5.21. The number of amides is 1. The molecule has 0 N–H and O–H groups in total. The van der Waals surface area contributed by atoms with E-state index < -0.39 is 0 Å². The predicted octanol–water partition coefficient (Wildman–Crippen LogP) is 3.45. The summed E-state index contributed by atoms with van der Waals surface area (Å²) < 4.78 is 5.62. The van der Waals surface area contributed by atoms with E-state index in [0.717, 1.165) is 16.9 Å². The number of nitrogens with zero attached hydrogens (tertiary/aromatic N) is 1. The van der Waals surface area contributed by atoms with Gasteiger partial charge in [-0.25, -0.2) is 0 Å². The summed E-state index contributed by atoms with van der Waals surface area (Å²) in [5, 5.41) is 0. The topological polar surface area (TPSA) is 29.5 Å². The number of para-hydroxylation sites is 1. The fraction of sp³-hybridized carbons (Fsp3) is 0.278. The molecule has 2 rings (SSSR count). The number of ether oxygens (including phenoxy) is 1. The highest BCUT2D eigenvalue weighted by Gasteiger charge is 2.13. The van der Waals surface area contributed by atoms with Crippen LogP contribution in [0.25, 0.3) is 0 Å². The minimum atomic E-state index is 0.0316. The molecule has 0 radical (unpaired) electrons. The first kappa shape index (κ1) is 15.1. The molecule has 110 valence electrons. The van der Waals surface area contributed by atoms with Gasteiger partial charge in [0.25, 0.3) is 5.91 Å². The molecular weight excluding hydrogens is 262 g/mol. The first-order valence-electron chi connectivity index (χ1n) is 7.08. The lowest BCUT2D eigenvalue weighted by atomic mass is 10.0. The highest BCUT2D eigenvalue weighted by Crippen LogP contribution is 2.13. The Kier molecular flexibility index (Phi) is 4.99. The van der Waals surface area contributed by atoms with Crippen molar-refractivity contribution < 1.29 is 9.53 Å². The maximum absolute atomic E-state index is 12.4. The molecule has 21 heavy (non-hydrogen) atoms. The summed E-state index contributed by atoms with van der Waals surface area (Å²) in [6.07, 6.45) is 0. The van der Waals surface area contributed by atoms with E-state index in [1.165, 1.54) is 5.56 Å². The largest absolute Gasteiger partial charge is 0.492 e. The Labute approximate surface area is 126 Å². The number of hydrogen-bond acceptors (Lipinski definition) is 2. The molecule has 0 aliphatic rings. The molecule has 2 aromatic carbocycles. The molecule has 0 fully saturated rings. The van der Waals surface area contributed by atoms with Crippen molar-refractivity contribution in [2.24, 2.45) is 0 Å². The molecule has 0 bridgehead atoms. The zero-order chi connectivity index (χ0) is 15.2. The normalized spacial score (nSPS) is 10.2. The summed E-state index contributed by atoms with van der Waals surface area (Å²) >= 11 is 0. The van der Waals surface area contributed by atoms with Gasteiger partial charge < -0.3 is 9.64 Å². The van der Waals surface area contributed by atoms with Gasteiger partial charge in [-0.2, -0.15) is 0 Å². The fourth-order valence-electron chi connectivity index (χ4n) is 2.18. The summed E-state index contributed by atoms with van der Waals surface area (Å²) in [6.45, 7) is 5.03. The lowest BCUT2D eigenvalue weighted by Crippen LogP contribution is -2.31. The third kappa shape index (κ3) is 4.09. The fourth-order valence-corrected chi connectivity index (χ4v) is 2.18. The number of carbonyl (C=O) groups is 1. The lowest BCUT2D eigenvalue weighted by molar-refractivity contribution is 0.0773. The van der Waals surface area contributed by atoms with E-state index >= 15 is 0 Å². The smallest absolute Gasteiger partial charge is 0.253 e. The van der Waals surface area contributed by atoms with Gasteiger partial charge in [-0.1, -0.05) is 35.9 Å². The van der Waals surface area contributed by atoms with Gasteiger partial charge in [-0.3, -0.25) is 4.79 Å². The summed E-state index contributed by atoms with van der Waals surface area (Å²) in [6, 6.07) is 15.5. The number of aryl methyl sites for hydroxylation is 2. The van der Waals surface area contributed by atoms with Gasteiger partial charge >= 0.3 is 0 Å². The molecule has 0 spiro atoms. The number of hydrogen-bond donors (Lipinski definition) is 0. The molecule has 2 aromatic rings. The van der Waals surface area contributed by atoms with Crippen molar-refractivity contribution in [1.82, 2.24) is 4.90 Å². The number of likely N-dealkylation sites (N-methyl/N-ethyl adjacent to an activating group) is 1. The Morgan fingerprint density at radius 2 is 1.81 bits per heavy atom. The molecule has 0 atom stereocenters. The van der Waals surface area contributed by atoms with E-state index in [1.807, 2.05) is 62.4 Å². The summed E-state index contributed by atoms with van der Waals surface area (Å²) in [7, 11) is 1.80. The van der Waals surface area contributed by atoms with Gasteiger partial charge in [0.05, 0.1) is 6.54 Å². The number of carbonyl (C=O) groups excluding carboxylic acids is 1. The minimum Gasteiger partial charge on any atom is -0.492 e. The van der Waals surface area contributed by atoms with Gasteiger partial charge in [-0.05, 0) is 37.6 Å². The first-order valence-corrected chi connectivity index (χ1v) is 7.08. The zero-order valence-corrected chi connectivity index (χ0v) is 12.8.